The molecular formula is C9H26O6Si2. The van der Waals surface area contributed by atoms with E-state index in [1.54, 1.807) is 14.2 Å². The van der Waals surface area contributed by atoms with E-state index in [0.717, 1.165) is 0 Å². The molecule has 0 saturated heterocycles. The maximum absolute atomic E-state index is 8.59. The van der Waals surface area contributed by atoms with E-state index in [4.69, 9.17) is 27.2 Å². The van der Waals surface area contributed by atoms with E-state index in [2.05, 4.69) is 0 Å². The molecule has 106 valence electrons. The van der Waals surface area contributed by atoms with E-state index >= 15 is 0 Å². The monoisotopic (exact) mass is 286 g/mol. The Labute approximate surface area is 106 Å². The summed E-state index contributed by atoms with van der Waals surface area (Å²) in [6.45, 7) is 4.02. The van der Waals surface area contributed by atoms with Crippen LogP contribution in [-0.2, 0) is 22.1 Å². The van der Waals surface area contributed by atoms with Gasteiger partial charge in [-0.1, -0.05) is 0 Å². The second-order valence-electron chi connectivity index (χ2n) is 3.58. The normalized spacial score (nSPS) is 12.0. The van der Waals surface area contributed by atoms with Crippen LogP contribution in [0.4, 0.5) is 0 Å². The molecular weight excluding hydrogens is 260 g/mol. The minimum atomic E-state index is -2.47. The van der Waals surface area contributed by atoms with Gasteiger partial charge in [0.2, 0.25) is 0 Å². The molecule has 0 bridgehead atoms. The maximum atomic E-state index is 8.59. The summed E-state index contributed by atoms with van der Waals surface area (Å²) >= 11 is 0. The fraction of sp³-hybridized carbons (Fsp3) is 1.00. The van der Waals surface area contributed by atoms with Crippen molar-refractivity contribution in [2.75, 3.05) is 42.2 Å². The van der Waals surface area contributed by atoms with Gasteiger partial charge in [-0.2, -0.15) is 0 Å². The minimum absolute atomic E-state index is 0.0295. The van der Waals surface area contributed by atoms with Crippen LogP contribution in [0.15, 0.2) is 0 Å². The van der Waals surface area contributed by atoms with Crippen LogP contribution in [-0.4, -0.2) is 64.6 Å². The summed E-state index contributed by atoms with van der Waals surface area (Å²) in [5, 5.41) is 8.59. The summed E-state index contributed by atoms with van der Waals surface area (Å²) in [5.74, 6) is 0. The Morgan fingerprint density at radius 2 is 1.12 bits per heavy atom. The molecule has 0 fully saturated rings. The third kappa shape index (κ3) is 8.86. The molecule has 1 N–H and O–H groups in total. The van der Waals surface area contributed by atoms with Gasteiger partial charge in [0.05, 0.1) is 0 Å². The molecule has 17 heavy (non-hydrogen) atoms. The lowest BCUT2D eigenvalue weighted by atomic mass is 10.9. The first-order valence-corrected chi connectivity index (χ1v) is 9.98. The molecule has 0 aromatic carbocycles. The average Bonchev–Trinajstić information content (AvgIpc) is 2.37. The highest BCUT2D eigenvalue weighted by atomic mass is 28.4. The fourth-order valence-corrected chi connectivity index (χ4v) is 2.33. The number of aliphatic hydroxyl groups is 1. The van der Waals surface area contributed by atoms with E-state index in [1.807, 2.05) is 13.1 Å². The Kier molecular flexibility index (Phi) is 11.7. The summed E-state index contributed by atoms with van der Waals surface area (Å²) in [4.78, 5) is 0. The van der Waals surface area contributed by atoms with Crippen molar-refractivity contribution in [3.05, 3.63) is 0 Å². The largest absolute Gasteiger partial charge is 0.502 e. The summed E-state index contributed by atoms with van der Waals surface area (Å²) in [6.07, 6.45) is 0. The molecule has 0 rings (SSSR count). The van der Waals surface area contributed by atoms with Crippen LogP contribution in [0.2, 0.25) is 19.1 Å². The smallest absolute Gasteiger partial charge is 0.398 e. The van der Waals surface area contributed by atoms with Gasteiger partial charge in [0.25, 0.3) is 0 Å². The highest BCUT2D eigenvalue weighted by Crippen LogP contribution is 2.10. The van der Waals surface area contributed by atoms with E-state index in [1.165, 1.54) is 21.3 Å². The second kappa shape index (κ2) is 10.1. The van der Waals surface area contributed by atoms with E-state index in [-0.39, 0.29) is 6.61 Å². The van der Waals surface area contributed by atoms with Gasteiger partial charge >= 0.3 is 17.4 Å². The van der Waals surface area contributed by atoms with Crippen molar-refractivity contribution in [2.45, 2.75) is 19.1 Å². The first-order chi connectivity index (χ1) is 7.86. The van der Waals surface area contributed by atoms with Crippen LogP contribution in [0, 0.1) is 0 Å². The van der Waals surface area contributed by atoms with Gasteiger partial charge in [0, 0.05) is 48.2 Å². The zero-order valence-corrected chi connectivity index (χ0v) is 13.9. The van der Waals surface area contributed by atoms with Crippen molar-refractivity contribution in [1.29, 1.82) is 0 Å². The summed E-state index contributed by atoms with van der Waals surface area (Å²) in [7, 11) is 3.80. The maximum Gasteiger partial charge on any atom is 0.502 e. The Hall–Kier alpha value is 0.194. The molecule has 0 aromatic heterocycles. The summed E-state index contributed by atoms with van der Waals surface area (Å²) in [6, 6.07) is 0.441. The number of hydrogen-bond acceptors (Lipinski definition) is 6. The fourth-order valence-electron chi connectivity index (χ4n) is 0.776. The van der Waals surface area contributed by atoms with Gasteiger partial charge in [-0.25, -0.2) is 0 Å². The van der Waals surface area contributed by atoms with E-state index in [9.17, 15) is 0 Å². The molecule has 6 nitrogen and oxygen atoms in total. The minimum Gasteiger partial charge on any atom is -0.398 e. The number of rotatable bonds is 7. The van der Waals surface area contributed by atoms with Crippen LogP contribution in [0.5, 0.6) is 0 Å². The van der Waals surface area contributed by atoms with E-state index < -0.39 is 17.4 Å². The highest BCUT2D eigenvalue weighted by molar-refractivity contribution is 6.64. The molecule has 0 aliphatic rings. The molecule has 0 saturated carbocycles. The van der Waals surface area contributed by atoms with Crippen molar-refractivity contribution in [1.82, 2.24) is 0 Å². The van der Waals surface area contributed by atoms with Crippen molar-refractivity contribution in [3.63, 3.8) is 0 Å². The van der Waals surface area contributed by atoms with Gasteiger partial charge < -0.3 is 27.2 Å². The molecule has 0 heterocycles. The van der Waals surface area contributed by atoms with Crippen LogP contribution in [0.3, 0.4) is 0 Å². The summed E-state index contributed by atoms with van der Waals surface area (Å²) < 4.78 is 25.0. The SMILES string of the molecule is CO[Si](C)(C)OC.CO[Si](CCO)(OC)OC. The predicted octanol–water partition coefficient (Wildman–Crippen LogP) is 0.838. The second-order valence-corrected chi connectivity index (χ2v) is 10.3. The average molecular weight is 286 g/mol. The zero-order valence-electron chi connectivity index (χ0n) is 11.9. The van der Waals surface area contributed by atoms with Crippen molar-refractivity contribution >= 4 is 17.4 Å². The molecule has 0 amide bonds. The standard InChI is InChI=1S/C5H14O4Si.C4H12O2Si/c1-7-10(8-2,9-3)5-4-6;1-5-7(3,4)6-2/h6H,4-5H2,1-3H3;1-4H3. The highest BCUT2D eigenvalue weighted by Gasteiger charge is 2.36. The van der Waals surface area contributed by atoms with Gasteiger partial charge in [0.1, 0.15) is 0 Å². The lowest BCUT2D eigenvalue weighted by Gasteiger charge is -2.22. The molecule has 8 heteroatoms. The lowest BCUT2D eigenvalue weighted by Crippen LogP contribution is -2.43. The first kappa shape index (κ1) is 19.5. The third-order valence-corrected chi connectivity index (χ3v) is 7.00. The lowest BCUT2D eigenvalue weighted by molar-refractivity contribution is 0.116. The van der Waals surface area contributed by atoms with E-state index in [0.29, 0.717) is 6.04 Å². The topological polar surface area (TPSA) is 66.4 Å². The van der Waals surface area contributed by atoms with Crippen LogP contribution in [0.25, 0.3) is 0 Å². The molecule has 0 aliphatic carbocycles. The predicted molar refractivity (Wildman–Crippen MR) is 70.2 cm³/mol. The quantitative estimate of drug-likeness (QED) is 0.700. The zero-order chi connectivity index (χ0) is 13.9. The molecule has 0 spiro atoms. The van der Waals surface area contributed by atoms with Crippen LogP contribution >= 0.6 is 0 Å². The van der Waals surface area contributed by atoms with Gasteiger partial charge in [-0.3, -0.25) is 0 Å². The van der Waals surface area contributed by atoms with Gasteiger partial charge in [-0.15, -0.1) is 0 Å². The van der Waals surface area contributed by atoms with Crippen molar-refractivity contribution in [3.8, 4) is 0 Å². The van der Waals surface area contributed by atoms with Crippen molar-refractivity contribution in [2.24, 2.45) is 0 Å². The molecule has 0 aromatic rings. The van der Waals surface area contributed by atoms with Crippen LogP contribution < -0.4 is 0 Å². The summed E-state index contributed by atoms with van der Waals surface area (Å²) in [5.41, 5.74) is 0. The Balaban J connectivity index is 0. The Morgan fingerprint density at radius 3 is 1.18 bits per heavy atom. The van der Waals surface area contributed by atoms with Gasteiger partial charge in [-0.05, 0) is 13.1 Å². The van der Waals surface area contributed by atoms with Gasteiger partial charge in [0.15, 0.2) is 0 Å². The molecule has 0 unspecified atom stereocenters. The molecule has 0 aliphatic heterocycles. The Bertz CT molecular complexity index is 161. The number of aliphatic hydroxyl groups excluding tert-OH is 1. The number of hydrogen-bond donors (Lipinski definition) is 1. The molecule has 0 radical (unpaired) electrons. The van der Waals surface area contributed by atoms with Crippen molar-refractivity contribution < 1.29 is 27.2 Å². The molecule has 0 atom stereocenters. The Morgan fingerprint density at radius 1 is 0.765 bits per heavy atom. The first-order valence-electron chi connectivity index (χ1n) is 5.23. The third-order valence-electron chi connectivity index (χ3n) is 2.33. The van der Waals surface area contributed by atoms with Crippen LogP contribution in [0.1, 0.15) is 0 Å².